The zero-order valence-electron chi connectivity index (χ0n) is 12.9. The maximum atomic E-state index is 12.7. The Labute approximate surface area is 137 Å². The number of sulfonamides is 1. The van der Waals surface area contributed by atoms with Gasteiger partial charge in [0.05, 0.1) is 4.90 Å². The topological polar surface area (TPSA) is 72.2 Å². The molecule has 1 aromatic carbocycles. The third kappa shape index (κ3) is 3.35. The minimum Gasteiger partial charge on any atom is -0.328 e. The van der Waals surface area contributed by atoms with Gasteiger partial charge in [-0.05, 0) is 62.0 Å². The van der Waals surface area contributed by atoms with Crippen LogP contribution in [0.5, 0.6) is 0 Å². The quantitative estimate of drug-likeness (QED) is 0.827. The molecule has 0 heterocycles. The van der Waals surface area contributed by atoms with Crippen molar-refractivity contribution >= 4 is 21.8 Å². The highest BCUT2D eigenvalue weighted by Gasteiger charge is 2.41. The fourth-order valence-corrected chi connectivity index (χ4v) is 5.95. The van der Waals surface area contributed by atoms with Gasteiger partial charge in [0, 0.05) is 17.0 Å². The smallest absolute Gasteiger partial charge is 0.240 e. The van der Waals surface area contributed by atoms with Crippen LogP contribution in [-0.4, -0.2) is 26.8 Å². The Kier molecular flexibility index (Phi) is 4.83. The highest BCUT2D eigenvalue weighted by atomic mass is 32.2. The van der Waals surface area contributed by atoms with Crippen molar-refractivity contribution in [1.29, 1.82) is 0 Å². The molecular formula is C16H24N2O2S2. The van der Waals surface area contributed by atoms with Crippen molar-refractivity contribution in [2.75, 3.05) is 6.26 Å². The molecule has 0 amide bonds. The molecule has 2 aliphatic rings. The molecule has 4 nitrogen and oxygen atoms in total. The van der Waals surface area contributed by atoms with Crippen LogP contribution in [0.4, 0.5) is 0 Å². The van der Waals surface area contributed by atoms with Gasteiger partial charge in [-0.3, -0.25) is 0 Å². The number of nitrogens with two attached hydrogens (primary N) is 1. The molecule has 0 spiro atoms. The molecule has 2 bridgehead atoms. The van der Waals surface area contributed by atoms with Crippen molar-refractivity contribution < 1.29 is 8.42 Å². The molecule has 0 aromatic heterocycles. The van der Waals surface area contributed by atoms with Crippen molar-refractivity contribution in [3.05, 3.63) is 24.3 Å². The van der Waals surface area contributed by atoms with E-state index in [2.05, 4.69) is 4.72 Å². The highest BCUT2D eigenvalue weighted by molar-refractivity contribution is 7.98. The summed E-state index contributed by atoms with van der Waals surface area (Å²) in [6, 6.07) is 7.44. The summed E-state index contributed by atoms with van der Waals surface area (Å²) >= 11 is 1.55. The summed E-state index contributed by atoms with van der Waals surface area (Å²) in [6.07, 6.45) is 7.20. The number of hydrogen-bond acceptors (Lipinski definition) is 4. The molecule has 0 aliphatic heterocycles. The van der Waals surface area contributed by atoms with Gasteiger partial charge in [0.15, 0.2) is 0 Å². The van der Waals surface area contributed by atoms with Crippen LogP contribution in [0, 0.1) is 11.8 Å². The Bertz CT molecular complexity index is 619. The minimum atomic E-state index is -3.46. The molecule has 122 valence electrons. The minimum absolute atomic E-state index is 0.0523. The second-order valence-electron chi connectivity index (χ2n) is 6.51. The van der Waals surface area contributed by atoms with Gasteiger partial charge in [-0.1, -0.05) is 12.5 Å². The molecule has 0 saturated heterocycles. The molecule has 22 heavy (non-hydrogen) atoms. The van der Waals surface area contributed by atoms with Gasteiger partial charge in [0.1, 0.15) is 0 Å². The second kappa shape index (κ2) is 6.51. The first-order valence-corrected chi connectivity index (χ1v) is 10.6. The largest absolute Gasteiger partial charge is 0.328 e. The summed E-state index contributed by atoms with van der Waals surface area (Å²) in [5.41, 5.74) is 6.12. The van der Waals surface area contributed by atoms with E-state index >= 15 is 0 Å². The van der Waals surface area contributed by atoms with Crippen LogP contribution in [-0.2, 0) is 10.0 Å². The molecule has 3 N–H and O–H groups in total. The van der Waals surface area contributed by atoms with E-state index in [-0.39, 0.29) is 12.1 Å². The molecule has 2 fully saturated rings. The monoisotopic (exact) mass is 340 g/mol. The number of benzene rings is 1. The van der Waals surface area contributed by atoms with E-state index in [1.54, 1.807) is 30.0 Å². The highest BCUT2D eigenvalue weighted by Crippen LogP contribution is 2.40. The lowest BCUT2D eigenvalue weighted by molar-refractivity contribution is 0.125. The standard InChI is InChI=1S/C16H24N2O2S2/c1-21-14-6-3-7-15(10-14)22(19,20)18-16-11-4-2-5-12(16)9-13(17)8-11/h3,6-7,10-13,16,18H,2,4-5,8-9,17H2,1H3. The van der Waals surface area contributed by atoms with Crippen LogP contribution in [0.25, 0.3) is 0 Å². The summed E-state index contributed by atoms with van der Waals surface area (Å²) in [5.74, 6) is 0.780. The number of fused-ring (bicyclic) bond motifs is 2. The van der Waals surface area contributed by atoms with E-state index in [0.717, 1.165) is 30.6 Å². The van der Waals surface area contributed by atoms with Crippen molar-refractivity contribution in [1.82, 2.24) is 4.72 Å². The van der Waals surface area contributed by atoms with Crippen LogP contribution < -0.4 is 10.5 Å². The fourth-order valence-electron chi connectivity index (χ4n) is 4.00. The van der Waals surface area contributed by atoms with E-state index in [4.69, 9.17) is 5.73 Å². The lowest BCUT2D eigenvalue weighted by Gasteiger charge is -2.45. The van der Waals surface area contributed by atoms with Crippen LogP contribution in [0.3, 0.4) is 0 Å². The van der Waals surface area contributed by atoms with Gasteiger partial charge in [-0.15, -0.1) is 11.8 Å². The zero-order valence-corrected chi connectivity index (χ0v) is 14.5. The molecule has 0 radical (unpaired) electrons. The SMILES string of the molecule is CSc1cccc(S(=O)(=O)NC2C3CCCC2CC(N)C3)c1. The molecule has 1 aromatic rings. The van der Waals surface area contributed by atoms with Crippen molar-refractivity contribution in [3.63, 3.8) is 0 Å². The molecule has 6 heteroatoms. The third-order valence-corrected chi connectivity index (χ3v) is 7.20. The number of rotatable bonds is 4. The van der Waals surface area contributed by atoms with Crippen LogP contribution in [0.1, 0.15) is 32.1 Å². The van der Waals surface area contributed by atoms with Gasteiger partial charge >= 0.3 is 0 Å². The van der Waals surface area contributed by atoms with Crippen LogP contribution in [0.2, 0.25) is 0 Å². The predicted octanol–water partition coefficient (Wildman–Crippen LogP) is 2.59. The number of nitrogens with one attached hydrogen (secondary N) is 1. The Hall–Kier alpha value is -0.560. The van der Waals surface area contributed by atoms with Crippen molar-refractivity contribution in [3.8, 4) is 0 Å². The first-order valence-electron chi connectivity index (χ1n) is 7.91. The first-order chi connectivity index (χ1) is 10.5. The van der Waals surface area contributed by atoms with Gasteiger partial charge in [-0.2, -0.15) is 0 Å². The lowest BCUT2D eigenvalue weighted by Crippen LogP contribution is -2.53. The van der Waals surface area contributed by atoms with E-state index in [0.29, 0.717) is 16.7 Å². The van der Waals surface area contributed by atoms with Gasteiger partial charge in [0.25, 0.3) is 0 Å². The van der Waals surface area contributed by atoms with Crippen molar-refractivity contribution in [2.45, 2.75) is 54.0 Å². The van der Waals surface area contributed by atoms with Crippen LogP contribution >= 0.6 is 11.8 Å². The first kappa shape index (κ1) is 16.3. The summed E-state index contributed by atoms with van der Waals surface area (Å²) in [6.45, 7) is 0. The van der Waals surface area contributed by atoms with E-state index in [9.17, 15) is 8.42 Å². The van der Waals surface area contributed by atoms with Crippen molar-refractivity contribution in [2.24, 2.45) is 17.6 Å². The fraction of sp³-hybridized carbons (Fsp3) is 0.625. The van der Waals surface area contributed by atoms with E-state index in [1.807, 2.05) is 12.3 Å². The Morgan fingerprint density at radius 3 is 2.55 bits per heavy atom. The van der Waals surface area contributed by atoms with Gasteiger partial charge in [0.2, 0.25) is 10.0 Å². The average Bonchev–Trinajstić information content (AvgIpc) is 2.48. The Morgan fingerprint density at radius 1 is 1.23 bits per heavy atom. The number of thioether (sulfide) groups is 1. The molecule has 2 aliphatic carbocycles. The lowest BCUT2D eigenvalue weighted by atomic mass is 9.67. The van der Waals surface area contributed by atoms with Gasteiger partial charge < -0.3 is 5.73 Å². The van der Waals surface area contributed by atoms with E-state index in [1.165, 1.54) is 6.42 Å². The Morgan fingerprint density at radius 2 is 1.91 bits per heavy atom. The average molecular weight is 341 g/mol. The maximum Gasteiger partial charge on any atom is 0.240 e. The normalized spacial score (nSPS) is 31.9. The molecule has 3 rings (SSSR count). The number of hydrogen-bond donors (Lipinski definition) is 2. The van der Waals surface area contributed by atoms with Gasteiger partial charge in [-0.25, -0.2) is 13.1 Å². The maximum absolute atomic E-state index is 12.7. The second-order valence-corrected chi connectivity index (χ2v) is 9.10. The molecule has 2 saturated carbocycles. The molecule has 2 unspecified atom stereocenters. The summed E-state index contributed by atoms with van der Waals surface area (Å²) in [4.78, 5) is 1.33. The zero-order chi connectivity index (χ0) is 15.7. The summed E-state index contributed by atoms with van der Waals surface area (Å²) in [5, 5.41) is 0. The molecular weight excluding hydrogens is 316 g/mol. The van der Waals surface area contributed by atoms with E-state index < -0.39 is 10.0 Å². The Balaban J connectivity index is 1.81. The third-order valence-electron chi connectivity index (χ3n) is 5.02. The predicted molar refractivity (Wildman–Crippen MR) is 90.4 cm³/mol. The van der Waals surface area contributed by atoms with Crippen LogP contribution in [0.15, 0.2) is 34.1 Å². The summed E-state index contributed by atoms with van der Waals surface area (Å²) in [7, 11) is -3.46. The summed E-state index contributed by atoms with van der Waals surface area (Å²) < 4.78 is 28.5. The molecule has 2 atom stereocenters.